The highest BCUT2D eigenvalue weighted by molar-refractivity contribution is 6.23. The molecular formula is C49H32. The van der Waals surface area contributed by atoms with Crippen LogP contribution in [0, 0.1) is 0 Å². The number of benzene rings is 8. The Bertz CT molecular complexity index is 2480. The molecule has 0 nitrogen and oxygen atoms in total. The maximum Gasteiger partial charge on any atom is 0.0352 e. The summed E-state index contributed by atoms with van der Waals surface area (Å²) in [7, 11) is 0. The second-order valence-corrected chi connectivity index (χ2v) is 13.2. The molecule has 2 aliphatic rings. The van der Waals surface area contributed by atoms with Crippen LogP contribution in [0.25, 0.3) is 78.1 Å². The highest BCUT2D eigenvalue weighted by atomic mass is 14.3. The first-order valence-electron chi connectivity index (χ1n) is 17.1. The lowest BCUT2D eigenvalue weighted by Gasteiger charge is -2.18. The first-order valence-corrected chi connectivity index (χ1v) is 17.1. The molecule has 2 aliphatic carbocycles. The highest BCUT2D eigenvalue weighted by Crippen LogP contribution is 2.56. The van der Waals surface area contributed by atoms with E-state index in [2.05, 4.69) is 188 Å². The molecule has 0 bridgehead atoms. The largest absolute Gasteiger partial charge is 0.0622 e. The van der Waals surface area contributed by atoms with E-state index >= 15 is 0 Å². The highest BCUT2D eigenvalue weighted by Gasteiger charge is 2.30. The van der Waals surface area contributed by atoms with Crippen LogP contribution in [0.2, 0.25) is 0 Å². The number of rotatable bonds is 5. The molecule has 0 fully saturated rings. The maximum absolute atomic E-state index is 2.38. The van der Waals surface area contributed by atoms with Gasteiger partial charge in [0.2, 0.25) is 0 Å². The molecule has 0 saturated heterocycles. The van der Waals surface area contributed by atoms with E-state index in [1.54, 1.807) is 0 Å². The SMILES string of the molecule is C1=C(c2ccc(-c3ccc4c5c(cccc35)-c3c(-c5ccccc5)ccc(-c5ccccc5)c3-4)cc2)C(c2ccccc2)c2ccccc21. The van der Waals surface area contributed by atoms with Crippen molar-refractivity contribution in [2.75, 3.05) is 0 Å². The monoisotopic (exact) mass is 620 g/mol. The Hall–Kier alpha value is -6.24. The van der Waals surface area contributed by atoms with Crippen molar-refractivity contribution in [3.05, 3.63) is 204 Å². The van der Waals surface area contributed by atoms with Gasteiger partial charge in [0.15, 0.2) is 0 Å². The van der Waals surface area contributed by atoms with E-state index in [9.17, 15) is 0 Å². The summed E-state index contributed by atoms with van der Waals surface area (Å²) in [6.45, 7) is 0. The molecule has 0 saturated carbocycles. The molecule has 0 radical (unpaired) electrons. The van der Waals surface area contributed by atoms with Crippen LogP contribution in [0.1, 0.15) is 28.2 Å². The summed E-state index contributed by atoms with van der Waals surface area (Å²) in [5.41, 5.74) is 19.5. The molecule has 0 heterocycles. The van der Waals surface area contributed by atoms with Crippen LogP contribution in [0.4, 0.5) is 0 Å². The fourth-order valence-electron chi connectivity index (χ4n) is 8.37. The molecule has 0 N–H and O–H groups in total. The average molecular weight is 621 g/mol. The molecule has 228 valence electrons. The summed E-state index contributed by atoms with van der Waals surface area (Å²) < 4.78 is 0. The van der Waals surface area contributed by atoms with Crippen molar-refractivity contribution >= 4 is 22.4 Å². The minimum absolute atomic E-state index is 0.233. The molecule has 1 atom stereocenters. The van der Waals surface area contributed by atoms with Crippen LogP contribution in [-0.4, -0.2) is 0 Å². The van der Waals surface area contributed by atoms with E-state index in [0.717, 1.165) is 0 Å². The van der Waals surface area contributed by atoms with E-state index in [4.69, 9.17) is 0 Å². The lowest BCUT2D eigenvalue weighted by molar-refractivity contribution is 1.07. The van der Waals surface area contributed by atoms with Gasteiger partial charge < -0.3 is 0 Å². The van der Waals surface area contributed by atoms with Crippen LogP contribution in [0.5, 0.6) is 0 Å². The molecule has 0 heteroatoms. The van der Waals surface area contributed by atoms with Gasteiger partial charge in [0.1, 0.15) is 0 Å². The molecular weight excluding hydrogens is 589 g/mol. The van der Waals surface area contributed by atoms with Crippen molar-refractivity contribution in [1.29, 1.82) is 0 Å². The van der Waals surface area contributed by atoms with Crippen LogP contribution in [-0.2, 0) is 0 Å². The van der Waals surface area contributed by atoms with Gasteiger partial charge in [-0.05, 0) is 100 Å². The smallest absolute Gasteiger partial charge is 0.0352 e. The fourth-order valence-corrected chi connectivity index (χ4v) is 8.37. The molecule has 1 unspecified atom stereocenters. The topological polar surface area (TPSA) is 0 Å². The van der Waals surface area contributed by atoms with Crippen LogP contribution in [0.3, 0.4) is 0 Å². The summed E-state index contributed by atoms with van der Waals surface area (Å²) in [5.74, 6) is 0.233. The maximum atomic E-state index is 2.38. The van der Waals surface area contributed by atoms with Crippen molar-refractivity contribution in [2.45, 2.75) is 5.92 Å². The van der Waals surface area contributed by atoms with Crippen LogP contribution in [0.15, 0.2) is 182 Å². The van der Waals surface area contributed by atoms with Crippen molar-refractivity contribution < 1.29 is 0 Å². The van der Waals surface area contributed by atoms with Crippen molar-refractivity contribution in [3.63, 3.8) is 0 Å². The Labute approximate surface area is 287 Å². The van der Waals surface area contributed by atoms with Crippen LogP contribution < -0.4 is 0 Å². The quantitative estimate of drug-likeness (QED) is 0.180. The van der Waals surface area contributed by atoms with E-state index in [1.165, 1.54) is 94.2 Å². The third kappa shape index (κ3) is 4.38. The van der Waals surface area contributed by atoms with Gasteiger partial charge in [-0.3, -0.25) is 0 Å². The molecule has 0 aliphatic heterocycles. The normalized spacial score (nSPS) is 14.0. The van der Waals surface area contributed by atoms with Crippen molar-refractivity contribution in [2.24, 2.45) is 0 Å². The van der Waals surface area contributed by atoms with E-state index < -0.39 is 0 Å². The summed E-state index contributed by atoms with van der Waals surface area (Å²) in [4.78, 5) is 0. The van der Waals surface area contributed by atoms with Gasteiger partial charge in [0.05, 0.1) is 0 Å². The Morgan fingerprint density at radius 1 is 0.327 bits per heavy atom. The van der Waals surface area contributed by atoms with E-state index in [-0.39, 0.29) is 5.92 Å². The van der Waals surface area contributed by atoms with Crippen molar-refractivity contribution in [3.8, 4) is 55.6 Å². The van der Waals surface area contributed by atoms with Gasteiger partial charge in [0, 0.05) is 5.92 Å². The Morgan fingerprint density at radius 3 is 1.51 bits per heavy atom. The predicted octanol–water partition coefficient (Wildman–Crippen LogP) is 13.2. The molecule has 0 amide bonds. The molecule has 8 aromatic rings. The third-order valence-electron chi connectivity index (χ3n) is 10.5. The second-order valence-electron chi connectivity index (χ2n) is 13.2. The number of allylic oxidation sites excluding steroid dienone is 1. The zero-order valence-electron chi connectivity index (χ0n) is 27.0. The zero-order chi connectivity index (χ0) is 32.3. The first-order chi connectivity index (χ1) is 24.3. The third-order valence-corrected chi connectivity index (χ3v) is 10.5. The van der Waals surface area contributed by atoms with Crippen LogP contribution >= 0.6 is 0 Å². The average Bonchev–Trinajstić information content (AvgIpc) is 3.74. The molecule has 0 spiro atoms. The predicted molar refractivity (Wildman–Crippen MR) is 207 cm³/mol. The summed E-state index contributed by atoms with van der Waals surface area (Å²) in [6.07, 6.45) is 2.38. The minimum Gasteiger partial charge on any atom is -0.0622 e. The number of hydrogen-bond acceptors (Lipinski definition) is 0. The Balaban J connectivity index is 1.11. The molecule has 8 aromatic carbocycles. The van der Waals surface area contributed by atoms with Gasteiger partial charge >= 0.3 is 0 Å². The standard InChI is InChI=1S/C49H32/c1-4-13-32(14-5-1)40-28-29-41(33-15-6-2-7-16-33)49-44-30-27-38(42-21-12-22-43(47(42)44)48(40)49)34-23-25-35(26-24-34)45-31-37-19-10-11-20-39(37)46(45)36-17-8-3-9-18-36/h1-31,46H. The van der Waals surface area contributed by atoms with Gasteiger partial charge in [-0.15, -0.1) is 0 Å². The number of hydrogen-bond donors (Lipinski definition) is 0. The van der Waals surface area contributed by atoms with Gasteiger partial charge in [-0.1, -0.05) is 182 Å². The molecule has 49 heavy (non-hydrogen) atoms. The molecule has 0 aromatic heterocycles. The van der Waals surface area contributed by atoms with Gasteiger partial charge in [-0.2, -0.15) is 0 Å². The zero-order valence-corrected chi connectivity index (χ0v) is 27.0. The van der Waals surface area contributed by atoms with Crippen molar-refractivity contribution in [1.82, 2.24) is 0 Å². The van der Waals surface area contributed by atoms with E-state index in [1.807, 2.05) is 0 Å². The Morgan fingerprint density at radius 2 is 0.837 bits per heavy atom. The van der Waals surface area contributed by atoms with E-state index in [0.29, 0.717) is 0 Å². The minimum atomic E-state index is 0.233. The van der Waals surface area contributed by atoms with Gasteiger partial charge in [-0.25, -0.2) is 0 Å². The summed E-state index contributed by atoms with van der Waals surface area (Å²) in [5, 5.41) is 2.64. The Kier molecular flexibility index (Phi) is 6.35. The number of fused-ring (bicyclic) bond motifs is 4. The second kappa shape index (κ2) is 11.2. The lowest BCUT2D eigenvalue weighted by Crippen LogP contribution is -2.01. The summed E-state index contributed by atoms with van der Waals surface area (Å²) >= 11 is 0. The van der Waals surface area contributed by atoms with Gasteiger partial charge in [0.25, 0.3) is 0 Å². The summed E-state index contributed by atoms with van der Waals surface area (Å²) in [6, 6.07) is 66.9. The molecule has 10 rings (SSSR count). The lowest BCUT2D eigenvalue weighted by atomic mass is 9.85. The fraction of sp³-hybridized carbons (Fsp3) is 0.0204. The first kappa shape index (κ1) is 27.8.